The molecule has 0 saturated carbocycles. The summed E-state index contributed by atoms with van der Waals surface area (Å²) in [6.07, 6.45) is -3.96. The number of halogens is 3. The fourth-order valence-corrected chi connectivity index (χ4v) is 3.09. The number of nitrogens with zero attached hydrogens (tertiary/aromatic N) is 2. The number of hydrogen-bond acceptors (Lipinski definition) is 3. The molecule has 0 spiro atoms. The number of alkyl halides is 3. The Kier molecular flexibility index (Phi) is 5.48. The Hall–Kier alpha value is -2.32. The fourth-order valence-electron chi connectivity index (χ4n) is 3.09. The quantitative estimate of drug-likeness (QED) is 0.616. The van der Waals surface area contributed by atoms with Crippen LogP contribution in [0.4, 0.5) is 18.0 Å². The van der Waals surface area contributed by atoms with Gasteiger partial charge in [-0.2, -0.15) is 13.2 Å². The lowest BCUT2D eigenvalue weighted by Crippen LogP contribution is -2.36. The highest BCUT2D eigenvalue weighted by atomic mass is 19.4. The average Bonchev–Trinajstić information content (AvgIpc) is 2.90. The maximum absolute atomic E-state index is 12.7. The first-order valence-electron chi connectivity index (χ1n) is 8.29. The molecule has 0 aromatic carbocycles. The van der Waals surface area contributed by atoms with E-state index in [2.05, 4.69) is 5.32 Å². The van der Waals surface area contributed by atoms with Crippen molar-refractivity contribution in [1.29, 1.82) is 0 Å². The van der Waals surface area contributed by atoms with Gasteiger partial charge in [0.1, 0.15) is 12.6 Å². The maximum atomic E-state index is 12.7. The van der Waals surface area contributed by atoms with Gasteiger partial charge in [-0.3, -0.25) is 14.5 Å². The SMILES string of the molecule is Cc1cc(C(=O)CN2C(=O)NC(CC(C)C)C2=O)c(C)n1CC(F)(F)F. The molecule has 9 heteroatoms. The molecule has 1 aliphatic rings. The second-order valence-electron chi connectivity index (χ2n) is 6.97. The minimum atomic E-state index is -4.41. The van der Waals surface area contributed by atoms with Crippen molar-refractivity contribution in [3.63, 3.8) is 0 Å². The average molecular weight is 373 g/mol. The van der Waals surface area contributed by atoms with Crippen LogP contribution in [0.15, 0.2) is 6.07 Å². The van der Waals surface area contributed by atoms with Gasteiger partial charge in [0.2, 0.25) is 0 Å². The number of rotatable bonds is 6. The van der Waals surface area contributed by atoms with Crippen molar-refractivity contribution >= 4 is 17.7 Å². The molecule has 1 aromatic rings. The summed E-state index contributed by atoms with van der Waals surface area (Å²) in [4.78, 5) is 37.6. The van der Waals surface area contributed by atoms with E-state index in [1.165, 1.54) is 19.9 Å². The molecule has 6 nitrogen and oxygen atoms in total. The molecule has 1 aromatic heterocycles. The van der Waals surface area contributed by atoms with Crippen molar-refractivity contribution < 1.29 is 27.6 Å². The largest absolute Gasteiger partial charge is 0.406 e. The summed E-state index contributed by atoms with van der Waals surface area (Å²) in [5, 5.41) is 2.54. The number of imide groups is 1. The van der Waals surface area contributed by atoms with Crippen LogP contribution in [0.2, 0.25) is 0 Å². The molecule has 144 valence electrons. The van der Waals surface area contributed by atoms with Crippen LogP contribution in [0.3, 0.4) is 0 Å². The predicted octanol–water partition coefficient (Wildman–Crippen LogP) is 2.82. The summed E-state index contributed by atoms with van der Waals surface area (Å²) in [5.41, 5.74) is 0.535. The topological polar surface area (TPSA) is 71.4 Å². The number of amides is 3. The van der Waals surface area contributed by atoms with Gasteiger partial charge in [-0.25, -0.2) is 4.79 Å². The number of Topliss-reactive ketones (excluding diaryl/α,β-unsaturated/α-hetero) is 1. The van der Waals surface area contributed by atoms with E-state index in [1.807, 2.05) is 13.8 Å². The van der Waals surface area contributed by atoms with Gasteiger partial charge < -0.3 is 9.88 Å². The Bertz CT molecular complexity index is 738. The molecule has 2 heterocycles. The summed E-state index contributed by atoms with van der Waals surface area (Å²) in [6, 6.07) is 0.0269. The zero-order valence-electron chi connectivity index (χ0n) is 15.1. The maximum Gasteiger partial charge on any atom is 0.406 e. The normalized spacial score (nSPS) is 18.0. The lowest BCUT2D eigenvalue weighted by atomic mass is 10.0. The van der Waals surface area contributed by atoms with E-state index in [4.69, 9.17) is 0 Å². The number of carbonyl (C=O) groups is 3. The van der Waals surface area contributed by atoms with Crippen LogP contribution in [0.25, 0.3) is 0 Å². The van der Waals surface area contributed by atoms with Crippen molar-refractivity contribution in [2.75, 3.05) is 6.54 Å². The Balaban J connectivity index is 2.17. The number of hydrogen-bond donors (Lipinski definition) is 1. The summed E-state index contributed by atoms with van der Waals surface area (Å²) in [5.74, 6) is -0.873. The van der Waals surface area contributed by atoms with Crippen LogP contribution in [-0.4, -0.2) is 46.0 Å². The Morgan fingerprint density at radius 2 is 1.88 bits per heavy atom. The van der Waals surface area contributed by atoms with E-state index in [0.717, 1.165) is 9.47 Å². The van der Waals surface area contributed by atoms with Gasteiger partial charge in [-0.15, -0.1) is 0 Å². The van der Waals surface area contributed by atoms with E-state index in [-0.39, 0.29) is 22.9 Å². The van der Waals surface area contributed by atoms with Gasteiger partial charge in [0.25, 0.3) is 5.91 Å². The van der Waals surface area contributed by atoms with Crippen molar-refractivity contribution in [1.82, 2.24) is 14.8 Å². The monoisotopic (exact) mass is 373 g/mol. The van der Waals surface area contributed by atoms with E-state index in [9.17, 15) is 27.6 Å². The number of urea groups is 1. The molecule has 0 bridgehead atoms. The zero-order chi connectivity index (χ0) is 19.8. The highest BCUT2D eigenvalue weighted by molar-refractivity contribution is 6.09. The molecule has 1 atom stereocenters. The number of ketones is 1. The van der Waals surface area contributed by atoms with E-state index in [1.54, 1.807) is 0 Å². The molecule has 1 aliphatic heterocycles. The molecule has 0 radical (unpaired) electrons. The lowest BCUT2D eigenvalue weighted by molar-refractivity contribution is -0.141. The third kappa shape index (κ3) is 4.25. The number of aromatic nitrogens is 1. The molecular formula is C17H22F3N3O3. The molecule has 26 heavy (non-hydrogen) atoms. The van der Waals surface area contributed by atoms with Crippen LogP contribution < -0.4 is 5.32 Å². The van der Waals surface area contributed by atoms with Gasteiger partial charge in [0, 0.05) is 17.0 Å². The molecule has 0 aliphatic carbocycles. The van der Waals surface area contributed by atoms with E-state index in [0.29, 0.717) is 6.42 Å². The first-order chi connectivity index (χ1) is 11.9. The van der Waals surface area contributed by atoms with Crippen molar-refractivity contribution in [2.24, 2.45) is 5.92 Å². The van der Waals surface area contributed by atoms with Crippen molar-refractivity contribution in [2.45, 2.75) is 52.9 Å². The van der Waals surface area contributed by atoms with E-state index < -0.39 is 43.0 Å². The second-order valence-corrected chi connectivity index (χ2v) is 6.97. The number of aryl methyl sites for hydroxylation is 1. The molecule has 1 fully saturated rings. The van der Waals surface area contributed by atoms with Crippen LogP contribution in [0, 0.1) is 19.8 Å². The van der Waals surface area contributed by atoms with Gasteiger partial charge in [0.15, 0.2) is 5.78 Å². The minimum Gasteiger partial charge on any atom is -0.339 e. The van der Waals surface area contributed by atoms with Gasteiger partial charge in [-0.05, 0) is 32.3 Å². The Labute approximate surface area is 149 Å². The molecular weight excluding hydrogens is 351 g/mol. The van der Waals surface area contributed by atoms with Crippen LogP contribution in [-0.2, 0) is 11.3 Å². The van der Waals surface area contributed by atoms with Gasteiger partial charge in [-0.1, -0.05) is 13.8 Å². The van der Waals surface area contributed by atoms with E-state index >= 15 is 0 Å². The summed E-state index contributed by atoms with van der Waals surface area (Å²) in [6.45, 7) is 5.01. The second kappa shape index (κ2) is 7.13. The van der Waals surface area contributed by atoms with Gasteiger partial charge >= 0.3 is 12.2 Å². The first kappa shape index (κ1) is 20.0. The lowest BCUT2D eigenvalue weighted by Gasteiger charge is -2.14. The third-order valence-corrected chi connectivity index (χ3v) is 4.33. The van der Waals surface area contributed by atoms with Crippen LogP contribution in [0.1, 0.15) is 42.0 Å². The summed E-state index contributed by atoms with van der Waals surface area (Å²) in [7, 11) is 0. The molecule has 1 unspecified atom stereocenters. The fraction of sp³-hybridized carbons (Fsp3) is 0.588. The van der Waals surface area contributed by atoms with Crippen molar-refractivity contribution in [3.05, 3.63) is 23.0 Å². The first-order valence-corrected chi connectivity index (χ1v) is 8.29. The van der Waals surface area contributed by atoms with Crippen LogP contribution >= 0.6 is 0 Å². The van der Waals surface area contributed by atoms with Crippen LogP contribution in [0.5, 0.6) is 0 Å². The number of carbonyl (C=O) groups excluding carboxylic acids is 3. The smallest absolute Gasteiger partial charge is 0.339 e. The minimum absolute atomic E-state index is 0.0830. The van der Waals surface area contributed by atoms with Gasteiger partial charge in [0.05, 0.1) is 6.54 Å². The van der Waals surface area contributed by atoms with Crippen molar-refractivity contribution in [3.8, 4) is 0 Å². The summed E-state index contributed by atoms with van der Waals surface area (Å²) >= 11 is 0. The highest BCUT2D eigenvalue weighted by Gasteiger charge is 2.39. The zero-order valence-corrected chi connectivity index (χ0v) is 15.1. The summed E-state index contributed by atoms with van der Waals surface area (Å²) < 4.78 is 39.0. The molecule has 3 amide bonds. The Morgan fingerprint density at radius 3 is 2.42 bits per heavy atom. The number of nitrogens with one attached hydrogen (secondary N) is 1. The Morgan fingerprint density at radius 1 is 1.27 bits per heavy atom. The highest BCUT2D eigenvalue weighted by Crippen LogP contribution is 2.24. The molecule has 1 N–H and O–H groups in total. The standard InChI is InChI=1S/C17H22F3N3O3/c1-9(2)5-13-15(25)22(16(26)21-13)7-14(24)12-6-10(3)23(11(12)4)8-17(18,19)20/h6,9,13H,5,7-8H2,1-4H3,(H,21,26). The molecule has 1 saturated heterocycles. The third-order valence-electron chi connectivity index (χ3n) is 4.33. The molecule has 2 rings (SSSR count). The predicted molar refractivity (Wildman–Crippen MR) is 87.8 cm³/mol.